The molecular weight excluding hydrogens is 302 g/mol. The van der Waals surface area contributed by atoms with Crippen molar-refractivity contribution in [3.05, 3.63) is 18.1 Å². The van der Waals surface area contributed by atoms with Crippen molar-refractivity contribution < 1.29 is 15.0 Å². The molecule has 124 valence electrons. The third kappa shape index (κ3) is 4.88. The number of rotatable bonds is 3. The topological polar surface area (TPSA) is 140 Å². The van der Waals surface area contributed by atoms with Crippen LogP contribution in [0.2, 0.25) is 0 Å². The van der Waals surface area contributed by atoms with Crippen LogP contribution in [-0.2, 0) is 4.79 Å². The molecule has 1 aliphatic rings. The fourth-order valence-corrected chi connectivity index (χ4v) is 2.25. The minimum absolute atomic E-state index is 0.250. The highest BCUT2D eigenvalue weighted by molar-refractivity contribution is 5.48. The molecule has 3 rings (SSSR count). The lowest BCUT2D eigenvalue weighted by molar-refractivity contribution is -0.122. The van der Waals surface area contributed by atoms with Crippen LogP contribution in [0.4, 0.5) is 17.7 Å². The van der Waals surface area contributed by atoms with Crippen LogP contribution in [0.3, 0.4) is 0 Å². The molecule has 1 atom stereocenters. The molecule has 3 heterocycles. The van der Waals surface area contributed by atoms with Crippen molar-refractivity contribution in [3.63, 3.8) is 0 Å². The first kappa shape index (κ1) is 16.6. The number of hydrogen-bond donors (Lipinski definition) is 4. The summed E-state index contributed by atoms with van der Waals surface area (Å²) in [5, 5.41) is 26.3. The van der Waals surface area contributed by atoms with E-state index >= 15 is 0 Å². The fraction of sp³-hybridized carbons (Fsp3) is 0.462. The van der Waals surface area contributed by atoms with Gasteiger partial charge < -0.3 is 15.1 Å². The first-order valence-corrected chi connectivity index (χ1v) is 7.12. The largest absolute Gasteiger partial charge is 0.483 e. The van der Waals surface area contributed by atoms with E-state index < -0.39 is 0 Å². The zero-order chi connectivity index (χ0) is 16.7. The van der Waals surface area contributed by atoms with Crippen molar-refractivity contribution in [2.45, 2.75) is 25.9 Å². The Bertz CT molecular complexity index is 634. The Hall–Kier alpha value is -2.75. The maximum Gasteiger partial charge on any atom is 0.290 e. The molecule has 10 heteroatoms. The number of carboxylic acid groups (broad SMARTS) is 1. The number of aliphatic hydroxyl groups excluding tert-OH is 1. The number of carbonyl (C=O) groups is 1. The molecule has 23 heavy (non-hydrogen) atoms. The van der Waals surface area contributed by atoms with Crippen LogP contribution in [0.5, 0.6) is 0 Å². The highest BCUT2D eigenvalue weighted by atomic mass is 16.3. The average Bonchev–Trinajstić information content (AvgIpc) is 2.93. The molecule has 10 nitrogen and oxygen atoms in total. The molecule has 4 N–H and O–H groups in total. The molecule has 0 saturated carbocycles. The van der Waals surface area contributed by atoms with Crippen molar-refractivity contribution >= 4 is 24.2 Å². The molecule has 1 saturated heterocycles. The maximum absolute atomic E-state index is 9.72. The van der Waals surface area contributed by atoms with E-state index in [0.717, 1.165) is 31.0 Å². The quantitative estimate of drug-likeness (QED) is 0.588. The number of hydrogen-bond acceptors (Lipinski definition) is 8. The number of anilines is 3. The van der Waals surface area contributed by atoms with Gasteiger partial charge in [0.2, 0.25) is 11.9 Å². The summed E-state index contributed by atoms with van der Waals surface area (Å²) in [6.07, 6.45) is 3.22. The second kappa shape index (κ2) is 8.03. The first-order valence-electron chi connectivity index (χ1n) is 7.12. The summed E-state index contributed by atoms with van der Waals surface area (Å²) in [6, 6.07) is 1.84. The lowest BCUT2D eigenvalue weighted by Crippen LogP contribution is -2.38. The molecule has 2 aromatic rings. The summed E-state index contributed by atoms with van der Waals surface area (Å²) in [5.41, 5.74) is 0. The molecule has 2 aromatic heterocycles. The summed E-state index contributed by atoms with van der Waals surface area (Å²) in [4.78, 5) is 23.2. The van der Waals surface area contributed by atoms with Crippen LogP contribution >= 0.6 is 0 Å². The summed E-state index contributed by atoms with van der Waals surface area (Å²) in [7, 11) is 0. The van der Waals surface area contributed by atoms with Gasteiger partial charge in [-0.25, -0.2) is 4.98 Å². The van der Waals surface area contributed by atoms with Crippen LogP contribution in [0.1, 0.15) is 18.7 Å². The monoisotopic (exact) mass is 321 g/mol. The summed E-state index contributed by atoms with van der Waals surface area (Å²) in [6.45, 7) is 3.08. The Kier molecular flexibility index (Phi) is 5.80. The van der Waals surface area contributed by atoms with Crippen LogP contribution in [0.25, 0.3) is 0 Å². The Morgan fingerprint density at radius 3 is 2.87 bits per heavy atom. The number of aromatic amines is 1. The van der Waals surface area contributed by atoms with Crippen molar-refractivity contribution in [2.75, 3.05) is 23.3 Å². The van der Waals surface area contributed by atoms with E-state index in [2.05, 4.69) is 35.4 Å². The first-order chi connectivity index (χ1) is 11.1. The molecular formula is C13H19N7O3. The maximum atomic E-state index is 9.72. The Morgan fingerprint density at radius 1 is 1.43 bits per heavy atom. The number of nitrogens with one attached hydrogen (secondary N) is 2. The van der Waals surface area contributed by atoms with Gasteiger partial charge in [-0.1, -0.05) is 0 Å². The van der Waals surface area contributed by atoms with E-state index in [0.29, 0.717) is 18.4 Å². The molecule has 0 amide bonds. The summed E-state index contributed by atoms with van der Waals surface area (Å²) >= 11 is 0. The Balaban J connectivity index is 0.000000595. The third-order valence-corrected chi connectivity index (χ3v) is 3.18. The number of piperidine rings is 1. The predicted octanol–water partition coefficient (Wildman–Crippen LogP) is 0.309. The van der Waals surface area contributed by atoms with Gasteiger partial charge in [-0.05, 0) is 25.8 Å². The van der Waals surface area contributed by atoms with Gasteiger partial charge in [0.15, 0.2) is 0 Å². The minimum atomic E-state index is -0.286. The van der Waals surface area contributed by atoms with Crippen LogP contribution < -0.4 is 10.2 Å². The van der Waals surface area contributed by atoms with Gasteiger partial charge in [-0.2, -0.15) is 9.97 Å². The molecule has 1 aliphatic heterocycles. The second-order valence-corrected chi connectivity index (χ2v) is 4.96. The van der Waals surface area contributed by atoms with E-state index in [1.54, 1.807) is 6.20 Å². The Morgan fingerprint density at radius 2 is 2.22 bits per heavy atom. The van der Waals surface area contributed by atoms with Gasteiger partial charge in [0.1, 0.15) is 11.6 Å². The van der Waals surface area contributed by atoms with Gasteiger partial charge in [-0.15, -0.1) is 5.10 Å². The number of aromatic nitrogens is 5. The normalized spacial score (nSPS) is 17.1. The molecule has 0 aromatic carbocycles. The predicted molar refractivity (Wildman–Crippen MR) is 82.6 cm³/mol. The van der Waals surface area contributed by atoms with E-state index in [1.807, 2.05) is 13.0 Å². The van der Waals surface area contributed by atoms with Gasteiger partial charge in [0.05, 0.1) is 6.10 Å². The minimum Gasteiger partial charge on any atom is -0.483 e. The second-order valence-electron chi connectivity index (χ2n) is 4.96. The molecule has 0 spiro atoms. The molecule has 0 bridgehead atoms. The van der Waals surface area contributed by atoms with Crippen molar-refractivity contribution in [3.8, 4) is 0 Å². The SMILES string of the molecule is Cc1nc(Nc2nccc(N3CCCC(O)C3)n2)n[nH]1.O=CO. The van der Waals surface area contributed by atoms with Crippen molar-refractivity contribution in [2.24, 2.45) is 0 Å². The van der Waals surface area contributed by atoms with Crippen molar-refractivity contribution in [1.29, 1.82) is 0 Å². The molecule has 0 aliphatic carbocycles. The third-order valence-electron chi connectivity index (χ3n) is 3.18. The summed E-state index contributed by atoms with van der Waals surface area (Å²) < 4.78 is 0. The van der Waals surface area contributed by atoms with Gasteiger partial charge in [-0.3, -0.25) is 15.2 Å². The van der Waals surface area contributed by atoms with Crippen LogP contribution in [0.15, 0.2) is 12.3 Å². The van der Waals surface area contributed by atoms with Gasteiger partial charge >= 0.3 is 0 Å². The fourth-order valence-electron chi connectivity index (χ4n) is 2.25. The molecule has 0 radical (unpaired) electrons. The van der Waals surface area contributed by atoms with Crippen molar-refractivity contribution in [1.82, 2.24) is 25.1 Å². The van der Waals surface area contributed by atoms with Gasteiger partial charge in [0, 0.05) is 19.3 Å². The number of aryl methyl sites for hydroxylation is 1. The van der Waals surface area contributed by atoms with Crippen LogP contribution in [0, 0.1) is 6.92 Å². The smallest absolute Gasteiger partial charge is 0.290 e. The highest BCUT2D eigenvalue weighted by Gasteiger charge is 2.19. The van der Waals surface area contributed by atoms with E-state index in [9.17, 15) is 5.11 Å². The highest BCUT2D eigenvalue weighted by Crippen LogP contribution is 2.19. The van der Waals surface area contributed by atoms with Gasteiger partial charge in [0.25, 0.3) is 6.47 Å². The van der Waals surface area contributed by atoms with Crippen LogP contribution in [-0.4, -0.2) is 61.0 Å². The lowest BCUT2D eigenvalue weighted by atomic mass is 10.1. The zero-order valence-corrected chi connectivity index (χ0v) is 12.7. The Labute approximate surface area is 132 Å². The summed E-state index contributed by atoms with van der Waals surface area (Å²) in [5.74, 6) is 2.41. The standard InChI is InChI=1S/C12H17N7O.CH2O2/c1-8-14-12(18-17-8)16-11-13-5-4-10(15-11)19-6-2-3-9(20)7-19;2-1-3/h4-5,9,20H,2-3,6-7H2,1H3,(H2,13,14,15,16,17,18);1H,(H,2,3). The lowest BCUT2D eigenvalue weighted by Gasteiger charge is -2.30. The zero-order valence-electron chi connectivity index (χ0n) is 12.7. The van der Waals surface area contributed by atoms with E-state index in [4.69, 9.17) is 9.90 Å². The van der Waals surface area contributed by atoms with E-state index in [-0.39, 0.29) is 12.6 Å². The number of β-amino-alcohol motifs (C(OH)–C–C–N with tert-alkyl or cyclic N) is 1. The number of nitrogens with zero attached hydrogens (tertiary/aromatic N) is 5. The number of H-pyrrole nitrogens is 1. The molecule has 1 unspecified atom stereocenters. The average molecular weight is 321 g/mol. The van der Waals surface area contributed by atoms with E-state index in [1.165, 1.54) is 0 Å². The molecule has 1 fully saturated rings. The number of aliphatic hydroxyl groups is 1.